The molecule has 4 heteroatoms. The highest BCUT2D eigenvalue weighted by Crippen LogP contribution is 2.16. The van der Waals surface area contributed by atoms with Crippen LogP contribution in [0, 0.1) is 0 Å². The van der Waals surface area contributed by atoms with Gasteiger partial charge in [0.25, 0.3) is 0 Å². The molecular weight excluding hydrogens is 306 g/mol. The summed E-state index contributed by atoms with van der Waals surface area (Å²) in [5, 5.41) is 0. The summed E-state index contributed by atoms with van der Waals surface area (Å²) < 4.78 is 5.18. The predicted octanol–water partition coefficient (Wildman–Crippen LogP) is 4.09. The minimum Gasteiger partial charge on any atom is -0.497 e. The molecule has 2 aromatic carbocycles. The van der Waals surface area contributed by atoms with Crippen LogP contribution in [0.2, 0.25) is 0 Å². The van der Waals surface area contributed by atoms with Crippen LogP contribution in [0.1, 0.15) is 11.1 Å². The second-order valence-electron chi connectivity index (χ2n) is 5.15. The molecule has 0 aliphatic carbocycles. The van der Waals surface area contributed by atoms with Gasteiger partial charge in [0, 0.05) is 24.6 Å². The first kappa shape index (κ1) is 17.2. The molecule has 0 radical (unpaired) electrons. The number of thioether (sulfide) groups is 1. The summed E-state index contributed by atoms with van der Waals surface area (Å²) in [4.78, 5) is 15.1. The number of likely N-dealkylation sites (N-methyl/N-ethyl adjacent to an activating group) is 1. The van der Waals surface area contributed by atoms with Gasteiger partial charge in [0.1, 0.15) is 5.75 Å². The Morgan fingerprint density at radius 2 is 1.96 bits per heavy atom. The lowest BCUT2D eigenvalue weighted by atomic mass is 10.2. The number of carbonyl (C=O) groups is 1. The van der Waals surface area contributed by atoms with Gasteiger partial charge in [-0.05, 0) is 47.7 Å². The summed E-state index contributed by atoms with van der Waals surface area (Å²) in [5.41, 5.74) is 2.06. The molecular formula is C19H21NO2S. The zero-order valence-electron chi connectivity index (χ0n) is 13.7. The van der Waals surface area contributed by atoms with Gasteiger partial charge in [-0.1, -0.05) is 24.3 Å². The first-order chi connectivity index (χ1) is 11.1. The molecule has 0 saturated carbocycles. The fourth-order valence-electron chi connectivity index (χ4n) is 2.12. The van der Waals surface area contributed by atoms with Gasteiger partial charge in [-0.2, -0.15) is 0 Å². The summed E-state index contributed by atoms with van der Waals surface area (Å²) >= 11 is 1.71. The number of hydrogen-bond acceptors (Lipinski definition) is 3. The van der Waals surface area contributed by atoms with E-state index in [1.54, 1.807) is 43.0 Å². The molecule has 0 unspecified atom stereocenters. The molecule has 2 aromatic rings. The molecule has 0 heterocycles. The largest absolute Gasteiger partial charge is 0.497 e. The van der Waals surface area contributed by atoms with E-state index in [2.05, 4.69) is 24.3 Å². The van der Waals surface area contributed by atoms with Crippen LogP contribution in [0.15, 0.2) is 59.5 Å². The highest BCUT2D eigenvalue weighted by atomic mass is 32.2. The second kappa shape index (κ2) is 8.44. The van der Waals surface area contributed by atoms with Crippen LogP contribution < -0.4 is 4.74 Å². The van der Waals surface area contributed by atoms with E-state index >= 15 is 0 Å². The van der Waals surface area contributed by atoms with Gasteiger partial charge in [-0.25, -0.2) is 0 Å². The molecule has 2 rings (SSSR count). The Labute approximate surface area is 142 Å². The molecule has 1 amide bonds. The van der Waals surface area contributed by atoms with Gasteiger partial charge in [-0.15, -0.1) is 11.8 Å². The van der Waals surface area contributed by atoms with E-state index < -0.39 is 0 Å². The van der Waals surface area contributed by atoms with Crippen molar-refractivity contribution in [3.8, 4) is 5.75 Å². The van der Waals surface area contributed by atoms with E-state index in [4.69, 9.17) is 4.74 Å². The lowest BCUT2D eigenvalue weighted by molar-refractivity contribution is -0.125. The Morgan fingerprint density at radius 1 is 1.22 bits per heavy atom. The molecule has 3 nitrogen and oxygen atoms in total. The number of hydrogen-bond donors (Lipinski definition) is 0. The maximum Gasteiger partial charge on any atom is 0.246 e. The van der Waals surface area contributed by atoms with Crippen molar-refractivity contribution in [2.24, 2.45) is 0 Å². The molecule has 0 bridgehead atoms. The van der Waals surface area contributed by atoms with Crippen molar-refractivity contribution in [3.05, 3.63) is 65.7 Å². The van der Waals surface area contributed by atoms with Gasteiger partial charge in [-0.3, -0.25) is 4.79 Å². The first-order valence-corrected chi connectivity index (χ1v) is 8.55. The summed E-state index contributed by atoms with van der Waals surface area (Å²) in [7, 11) is 3.44. The molecule has 0 N–H and O–H groups in total. The maximum absolute atomic E-state index is 12.2. The van der Waals surface area contributed by atoms with Gasteiger partial charge in [0.2, 0.25) is 5.91 Å². The number of benzene rings is 2. The third-order valence-electron chi connectivity index (χ3n) is 3.47. The van der Waals surface area contributed by atoms with Crippen LogP contribution in [0.25, 0.3) is 6.08 Å². The average molecular weight is 327 g/mol. The van der Waals surface area contributed by atoms with Crippen molar-refractivity contribution in [2.45, 2.75) is 11.4 Å². The SMILES string of the molecule is COc1cccc(/C=C/C(=O)N(C)Cc2ccc(SC)cc2)c1. The minimum atomic E-state index is -0.0261. The molecule has 120 valence electrons. The molecule has 0 aromatic heterocycles. The summed E-state index contributed by atoms with van der Waals surface area (Å²) in [5.74, 6) is 0.753. The van der Waals surface area contributed by atoms with Crippen LogP contribution in [0.4, 0.5) is 0 Å². The topological polar surface area (TPSA) is 29.5 Å². The Bertz CT molecular complexity index is 680. The Hall–Kier alpha value is -2.20. The molecule has 0 fully saturated rings. The maximum atomic E-state index is 12.2. The van der Waals surface area contributed by atoms with Crippen LogP contribution >= 0.6 is 11.8 Å². The number of amides is 1. The zero-order valence-corrected chi connectivity index (χ0v) is 14.5. The quantitative estimate of drug-likeness (QED) is 0.591. The lowest BCUT2D eigenvalue weighted by Gasteiger charge is -2.15. The smallest absolute Gasteiger partial charge is 0.246 e. The highest BCUT2D eigenvalue weighted by Gasteiger charge is 2.06. The van der Waals surface area contributed by atoms with Crippen LogP contribution in [-0.4, -0.2) is 31.2 Å². The number of nitrogens with zero attached hydrogens (tertiary/aromatic N) is 1. The average Bonchev–Trinajstić information content (AvgIpc) is 2.60. The summed E-state index contributed by atoms with van der Waals surface area (Å²) in [6.45, 7) is 0.593. The van der Waals surface area contributed by atoms with E-state index in [-0.39, 0.29) is 5.91 Å². The molecule has 0 saturated heterocycles. The number of ether oxygens (including phenoxy) is 1. The van der Waals surface area contributed by atoms with Gasteiger partial charge < -0.3 is 9.64 Å². The van der Waals surface area contributed by atoms with Crippen LogP contribution in [0.5, 0.6) is 5.75 Å². The van der Waals surface area contributed by atoms with Gasteiger partial charge in [0.05, 0.1) is 7.11 Å². The van der Waals surface area contributed by atoms with E-state index in [0.717, 1.165) is 16.9 Å². The van der Waals surface area contributed by atoms with Crippen LogP contribution in [-0.2, 0) is 11.3 Å². The lowest BCUT2D eigenvalue weighted by Crippen LogP contribution is -2.24. The van der Waals surface area contributed by atoms with E-state index in [1.165, 1.54) is 4.90 Å². The van der Waals surface area contributed by atoms with Crippen LogP contribution in [0.3, 0.4) is 0 Å². The second-order valence-corrected chi connectivity index (χ2v) is 6.03. The Kier molecular flexibility index (Phi) is 6.29. The van der Waals surface area contributed by atoms with Crippen molar-refractivity contribution in [3.63, 3.8) is 0 Å². The van der Waals surface area contributed by atoms with Crippen molar-refractivity contribution < 1.29 is 9.53 Å². The fraction of sp³-hybridized carbons (Fsp3) is 0.211. The molecule has 0 atom stereocenters. The standard InChI is InChI=1S/C19H21NO2S/c1-20(14-16-7-10-18(23-3)11-8-16)19(21)12-9-15-5-4-6-17(13-15)22-2/h4-13H,14H2,1-3H3/b12-9+. The van der Waals surface area contributed by atoms with Crippen molar-refractivity contribution in [1.29, 1.82) is 0 Å². The van der Waals surface area contributed by atoms with E-state index in [1.807, 2.05) is 30.5 Å². The number of rotatable bonds is 6. The predicted molar refractivity (Wildman–Crippen MR) is 96.7 cm³/mol. The zero-order chi connectivity index (χ0) is 16.7. The third kappa shape index (κ3) is 5.18. The molecule has 0 aliphatic rings. The van der Waals surface area contributed by atoms with Crippen molar-refractivity contribution in [1.82, 2.24) is 4.90 Å². The molecule has 0 spiro atoms. The van der Waals surface area contributed by atoms with E-state index in [0.29, 0.717) is 6.54 Å². The molecule has 0 aliphatic heterocycles. The van der Waals surface area contributed by atoms with Crippen molar-refractivity contribution in [2.75, 3.05) is 20.4 Å². The minimum absolute atomic E-state index is 0.0261. The fourth-order valence-corrected chi connectivity index (χ4v) is 2.53. The first-order valence-electron chi connectivity index (χ1n) is 7.32. The normalized spacial score (nSPS) is 10.7. The number of carbonyl (C=O) groups excluding carboxylic acids is 1. The Morgan fingerprint density at radius 3 is 2.61 bits per heavy atom. The third-order valence-corrected chi connectivity index (χ3v) is 4.21. The van der Waals surface area contributed by atoms with Crippen molar-refractivity contribution >= 4 is 23.7 Å². The molecule has 23 heavy (non-hydrogen) atoms. The van der Waals surface area contributed by atoms with E-state index in [9.17, 15) is 4.79 Å². The summed E-state index contributed by atoms with van der Waals surface area (Å²) in [6, 6.07) is 15.9. The number of methoxy groups -OCH3 is 1. The van der Waals surface area contributed by atoms with Gasteiger partial charge >= 0.3 is 0 Å². The summed E-state index contributed by atoms with van der Waals surface area (Å²) in [6.07, 6.45) is 5.44. The Balaban J connectivity index is 1.97. The highest BCUT2D eigenvalue weighted by molar-refractivity contribution is 7.98. The monoisotopic (exact) mass is 327 g/mol. The van der Waals surface area contributed by atoms with Gasteiger partial charge in [0.15, 0.2) is 0 Å².